The molecule has 1 amide bonds. The molecular weight excluding hydrogens is 566 g/mol. The normalized spacial score (nSPS) is 11.3. The largest absolute Gasteiger partial charge is 0.360 e. The first kappa shape index (κ1) is 27.3. The molecule has 4 aromatic carbocycles. The number of allylic oxidation sites excluding steroid dienone is 1. The van der Waals surface area contributed by atoms with Crippen LogP contribution in [-0.4, -0.2) is 37.2 Å². The Kier molecular flexibility index (Phi) is 7.98. The van der Waals surface area contributed by atoms with Crippen molar-refractivity contribution in [1.82, 2.24) is 19.7 Å². The Morgan fingerprint density at radius 2 is 1.62 bits per heavy atom. The molecule has 0 radical (unpaired) electrons. The Bertz CT molecular complexity index is 1900. The second-order valence-corrected chi connectivity index (χ2v) is 10.8. The topological polar surface area (TPSA) is 92.7 Å². The standard InChI is InChI=1S/C33H24ClN5O2S/c34-24-15-10-22(11-16-24)12-19-30(40)23-13-17-25(18-14-23)36-31(41)21-42-33-38-37-32(39(33)26-6-2-1-3-7-26)28-20-35-29-9-5-4-8-27(28)29/h1-20,35H,21H2,(H,36,41)/b19-12+. The number of anilines is 1. The first-order valence-corrected chi connectivity index (χ1v) is 14.5. The van der Waals surface area contributed by atoms with Gasteiger partial charge in [-0.2, -0.15) is 0 Å². The number of fused-ring (bicyclic) bond motifs is 1. The number of amides is 1. The molecule has 6 aromatic rings. The lowest BCUT2D eigenvalue weighted by atomic mass is 10.1. The van der Waals surface area contributed by atoms with Crippen molar-refractivity contribution in [3.63, 3.8) is 0 Å². The lowest BCUT2D eigenvalue weighted by Gasteiger charge is -2.10. The molecule has 6 rings (SSSR count). The average molecular weight is 590 g/mol. The van der Waals surface area contributed by atoms with E-state index >= 15 is 0 Å². The summed E-state index contributed by atoms with van der Waals surface area (Å²) in [5.41, 5.74) is 4.84. The zero-order valence-electron chi connectivity index (χ0n) is 22.2. The molecule has 0 unspecified atom stereocenters. The maximum atomic E-state index is 12.9. The second-order valence-electron chi connectivity index (χ2n) is 9.39. The quantitative estimate of drug-likeness (QED) is 0.102. The minimum Gasteiger partial charge on any atom is -0.360 e. The van der Waals surface area contributed by atoms with Gasteiger partial charge in [-0.05, 0) is 66.2 Å². The van der Waals surface area contributed by atoms with Crippen LogP contribution in [0.1, 0.15) is 15.9 Å². The van der Waals surface area contributed by atoms with E-state index in [-0.39, 0.29) is 17.4 Å². The summed E-state index contributed by atoms with van der Waals surface area (Å²) in [6.07, 6.45) is 5.18. The van der Waals surface area contributed by atoms with Crippen LogP contribution in [0.3, 0.4) is 0 Å². The van der Waals surface area contributed by atoms with E-state index < -0.39 is 0 Å². The molecule has 42 heavy (non-hydrogen) atoms. The maximum absolute atomic E-state index is 12.9. The molecule has 2 aromatic heterocycles. The van der Waals surface area contributed by atoms with E-state index in [2.05, 4.69) is 20.5 Å². The molecule has 0 fully saturated rings. The molecule has 0 spiro atoms. The first-order chi connectivity index (χ1) is 20.5. The zero-order valence-corrected chi connectivity index (χ0v) is 23.8. The van der Waals surface area contributed by atoms with Crippen molar-refractivity contribution in [3.05, 3.63) is 132 Å². The number of nitrogens with one attached hydrogen (secondary N) is 2. The number of thioether (sulfide) groups is 1. The van der Waals surface area contributed by atoms with E-state index in [0.717, 1.165) is 27.7 Å². The molecule has 2 N–H and O–H groups in total. The number of para-hydroxylation sites is 2. The van der Waals surface area contributed by atoms with Gasteiger partial charge in [0.15, 0.2) is 16.8 Å². The van der Waals surface area contributed by atoms with Crippen molar-refractivity contribution >= 4 is 57.7 Å². The van der Waals surface area contributed by atoms with Crippen LogP contribution in [0.2, 0.25) is 5.02 Å². The van der Waals surface area contributed by atoms with Gasteiger partial charge in [0.05, 0.1) is 5.75 Å². The molecule has 0 saturated carbocycles. The Morgan fingerprint density at radius 1 is 0.881 bits per heavy atom. The Balaban J connectivity index is 1.14. The molecule has 206 valence electrons. The third-order valence-electron chi connectivity index (χ3n) is 6.56. The van der Waals surface area contributed by atoms with E-state index in [9.17, 15) is 9.59 Å². The maximum Gasteiger partial charge on any atom is 0.234 e. The van der Waals surface area contributed by atoms with Crippen LogP contribution in [-0.2, 0) is 4.79 Å². The summed E-state index contributed by atoms with van der Waals surface area (Å²) in [5.74, 6) is 0.484. The molecular formula is C33H24ClN5O2S. The van der Waals surface area contributed by atoms with Gasteiger partial charge >= 0.3 is 0 Å². The minimum absolute atomic E-state index is 0.128. The van der Waals surface area contributed by atoms with Crippen LogP contribution in [0, 0.1) is 0 Å². The van der Waals surface area contributed by atoms with Crippen LogP contribution >= 0.6 is 23.4 Å². The number of aromatic amines is 1. The van der Waals surface area contributed by atoms with Crippen LogP contribution in [0.5, 0.6) is 0 Å². The van der Waals surface area contributed by atoms with Crippen LogP contribution in [0.15, 0.2) is 121 Å². The highest BCUT2D eigenvalue weighted by Crippen LogP contribution is 2.32. The van der Waals surface area contributed by atoms with Gasteiger partial charge in [0.2, 0.25) is 5.91 Å². The third-order valence-corrected chi connectivity index (χ3v) is 7.74. The van der Waals surface area contributed by atoms with Crippen LogP contribution in [0.25, 0.3) is 34.1 Å². The summed E-state index contributed by atoms with van der Waals surface area (Å²) in [6.45, 7) is 0. The summed E-state index contributed by atoms with van der Waals surface area (Å²) in [5, 5.41) is 14.1. The monoisotopic (exact) mass is 589 g/mol. The molecule has 0 aliphatic carbocycles. The number of ketones is 1. The van der Waals surface area contributed by atoms with Crippen molar-refractivity contribution in [2.45, 2.75) is 5.16 Å². The molecule has 0 atom stereocenters. The fraction of sp³-hybridized carbons (Fsp3) is 0.0303. The molecule has 0 bridgehead atoms. The molecule has 0 saturated heterocycles. The number of aromatic nitrogens is 4. The van der Waals surface area contributed by atoms with Crippen molar-refractivity contribution in [2.24, 2.45) is 0 Å². The number of hydrogen-bond donors (Lipinski definition) is 2. The van der Waals surface area contributed by atoms with Gasteiger partial charge in [-0.25, -0.2) is 0 Å². The van der Waals surface area contributed by atoms with E-state index in [1.54, 1.807) is 42.5 Å². The fourth-order valence-corrected chi connectivity index (χ4v) is 5.37. The fourth-order valence-electron chi connectivity index (χ4n) is 4.49. The SMILES string of the molecule is O=C(CSc1nnc(-c2c[nH]c3ccccc23)n1-c1ccccc1)Nc1ccc(C(=O)/C=C/c2ccc(Cl)cc2)cc1. The van der Waals surface area contributed by atoms with E-state index in [4.69, 9.17) is 11.6 Å². The van der Waals surface area contributed by atoms with Gasteiger partial charge in [0, 0.05) is 44.6 Å². The van der Waals surface area contributed by atoms with Gasteiger partial charge in [-0.15, -0.1) is 10.2 Å². The van der Waals surface area contributed by atoms with Crippen molar-refractivity contribution in [3.8, 4) is 17.1 Å². The number of nitrogens with zero attached hydrogens (tertiary/aromatic N) is 3. The van der Waals surface area contributed by atoms with Gasteiger partial charge in [-0.3, -0.25) is 14.2 Å². The van der Waals surface area contributed by atoms with Gasteiger partial charge in [0.25, 0.3) is 0 Å². The number of hydrogen-bond acceptors (Lipinski definition) is 5. The second kappa shape index (κ2) is 12.3. The van der Waals surface area contributed by atoms with Gasteiger partial charge in [0.1, 0.15) is 0 Å². The first-order valence-electron chi connectivity index (χ1n) is 13.1. The number of rotatable bonds is 9. The average Bonchev–Trinajstić information content (AvgIpc) is 3.64. The highest BCUT2D eigenvalue weighted by atomic mass is 35.5. The minimum atomic E-state index is -0.196. The summed E-state index contributed by atoms with van der Waals surface area (Å²) >= 11 is 7.21. The van der Waals surface area contributed by atoms with Crippen LogP contribution < -0.4 is 5.32 Å². The molecule has 2 heterocycles. The molecule has 7 nitrogen and oxygen atoms in total. The smallest absolute Gasteiger partial charge is 0.234 e. The number of halogens is 1. The summed E-state index contributed by atoms with van der Waals surface area (Å²) in [7, 11) is 0. The van der Waals surface area contributed by atoms with Gasteiger partial charge < -0.3 is 10.3 Å². The van der Waals surface area contributed by atoms with E-state index in [0.29, 0.717) is 27.3 Å². The summed E-state index contributed by atoms with van der Waals surface area (Å²) in [4.78, 5) is 28.7. The lowest BCUT2D eigenvalue weighted by Crippen LogP contribution is -2.14. The summed E-state index contributed by atoms with van der Waals surface area (Å²) < 4.78 is 1.96. The number of H-pyrrole nitrogens is 1. The third kappa shape index (κ3) is 6.05. The number of carbonyl (C=O) groups is 2. The predicted octanol–water partition coefficient (Wildman–Crippen LogP) is 7.70. The lowest BCUT2D eigenvalue weighted by molar-refractivity contribution is -0.113. The zero-order chi connectivity index (χ0) is 28.9. The molecule has 9 heteroatoms. The number of benzene rings is 4. The molecule has 0 aliphatic rings. The highest BCUT2D eigenvalue weighted by molar-refractivity contribution is 7.99. The van der Waals surface area contributed by atoms with E-state index in [1.807, 2.05) is 77.5 Å². The van der Waals surface area contributed by atoms with Crippen molar-refractivity contribution in [2.75, 3.05) is 11.1 Å². The Morgan fingerprint density at radius 3 is 2.40 bits per heavy atom. The Labute approximate surface area is 251 Å². The van der Waals surface area contributed by atoms with Crippen LogP contribution in [0.4, 0.5) is 5.69 Å². The predicted molar refractivity (Wildman–Crippen MR) is 169 cm³/mol. The number of carbonyl (C=O) groups excluding carboxylic acids is 2. The van der Waals surface area contributed by atoms with Crippen molar-refractivity contribution in [1.29, 1.82) is 0 Å². The Hall–Kier alpha value is -4.92. The van der Waals surface area contributed by atoms with Gasteiger partial charge in [-0.1, -0.05) is 78.0 Å². The molecule has 0 aliphatic heterocycles. The van der Waals surface area contributed by atoms with E-state index in [1.165, 1.54) is 17.8 Å². The summed E-state index contributed by atoms with van der Waals surface area (Å²) in [6, 6.07) is 31.9. The van der Waals surface area contributed by atoms with Crippen molar-refractivity contribution < 1.29 is 9.59 Å². The highest BCUT2D eigenvalue weighted by Gasteiger charge is 2.19.